The van der Waals surface area contributed by atoms with Gasteiger partial charge < -0.3 is 20.6 Å². The van der Waals surface area contributed by atoms with E-state index in [-0.39, 0.29) is 29.7 Å². The highest BCUT2D eigenvalue weighted by molar-refractivity contribution is 7.18. The highest BCUT2D eigenvalue weighted by Gasteiger charge is 2.52. The molecule has 17 heteroatoms. The lowest BCUT2D eigenvalue weighted by Gasteiger charge is -2.60. The number of hydrogen-bond donors (Lipinski definition) is 4. The number of thiazole rings is 1. The number of fused-ring (bicyclic) bond motifs is 2. The monoisotopic (exact) mass is 871 g/mol. The minimum absolute atomic E-state index is 0.0760. The number of imide groups is 2. The van der Waals surface area contributed by atoms with Crippen molar-refractivity contribution in [1.82, 2.24) is 25.1 Å². The van der Waals surface area contributed by atoms with E-state index >= 15 is 0 Å². The Morgan fingerprint density at radius 3 is 2.39 bits per heavy atom. The van der Waals surface area contributed by atoms with E-state index in [2.05, 4.69) is 25.8 Å². The number of carbonyl (C=O) groups excluding carboxylic acids is 5. The Bertz CT molecular complexity index is 2480. The third kappa shape index (κ3) is 8.10. The van der Waals surface area contributed by atoms with Crippen molar-refractivity contribution in [2.75, 3.05) is 36.8 Å². The van der Waals surface area contributed by atoms with Crippen molar-refractivity contribution in [3.63, 3.8) is 0 Å². The Balaban J connectivity index is 0.735. The fourth-order valence-electron chi connectivity index (χ4n) is 10.4. The van der Waals surface area contributed by atoms with Crippen molar-refractivity contribution < 1.29 is 42.3 Å². The van der Waals surface area contributed by atoms with Crippen molar-refractivity contribution in [3.05, 3.63) is 81.6 Å². The molecule has 5 amide bonds. The summed E-state index contributed by atoms with van der Waals surface area (Å²) in [5.74, 6) is -1.36. The Labute approximate surface area is 359 Å². The normalized spacial score (nSPS) is 23.0. The van der Waals surface area contributed by atoms with Crippen LogP contribution in [0.5, 0.6) is 0 Å². The molecule has 2 aromatic carbocycles. The number of amides is 5. The van der Waals surface area contributed by atoms with Gasteiger partial charge >= 0.3 is 6.18 Å². The summed E-state index contributed by atoms with van der Waals surface area (Å²) >= 11 is 1.55. The van der Waals surface area contributed by atoms with Crippen LogP contribution in [-0.4, -0.2) is 86.6 Å². The first-order valence-electron chi connectivity index (χ1n) is 21.3. The fraction of sp³-hybridized carbons (Fsp3) is 0.489. The zero-order chi connectivity index (χ0) is 43.7. The summed E-state index contributed by atoms with van der Waals surface area (Å²) in [6, 6.07) is 10.8. The lowest BCUT2D eigenvalue weighted by Crippen LogP contribution is -2.63. The van der Waals surface area contributed by atoms with E-state index in [1.54, 1.807) is 55.5 Å². The number of hydrogen-bond acceptors (Lipinski definition) is 11. The maximum absolute atomic E-state index is 13.4. The molecule has 1 spiro atoms. The number of benzene rings is 2. The molecule has 9 rings (SSSR count). The van der Waals surface area contributed by atoms with E-state index in [4.69, 9.17) is 4.98 Å². The molecule has 4 aromatic rings. The van der Waals surface area contributed by atoms with E-state index in [0.717, 1.165) is 78.5 Å². The Morgan fingerprint density at radius 1 is 0.935 bits per heavy atom. The zero-order valence-electron chi connectivity index (χ0n) is 34.4. The first-order valence-corrected chi connectivity index (χ1v) is 22.1. The molecule has 5 heterocycles. The minimum atomic E-state index is -4.69. The molecule has 2 aromatic heterocycles. The molecule has 326 valence electrons. The summed E-state index contributed by atoms with van der Waals surface area (Å²) < 4.78 is 40.6. The number of pyridine rings is 1. The molecule has 13 nitrogen and oxygen atoms in total. The van der Waals surface area contributed by atoms with Gasteiger partial charge in [-0.15, -0.1) is 11.3 Å². The molecule has 4 N–H and O–H groups in total. The predicted molar refractivity (Wildman–Crippen MR) is 225 cm³/mol. The standard InChI is InChI=1S/C45H48F3N7O6S/c1-43(2,61)28-17-32-34(18-31(28)51-38(57)30-7-4-8-35(50-30)45(46,47)48)62-40(52-32)26-11-9-24(10-12-26)21-54-22-44(23-54)19-25(20-44)15-16-49-29-6-3-5-27-37(29)42(60)55(41(27)59)33-13-14-36(56)53-39(33)58/h3-8,17-18,24-26,33,49,61H,9-16,19-23H2,1-2H3,(H,51,57)(H,53,56,58)/t24-,26-,33-/m1/s1. The number of nitrogens with zero attached hydrogens (tertiary/aromatic N) is 4. The molecule has 0 radical (unpaired) electrons. The summed E-state index contributed by atoms with van der Waals surface area (Å²) in [4.78, 5) is 75.9. The minimum Gasteiger partial charge on any atom is -0.386 e. The van der Waals surface area contributed by atoms with E-state index in [1.165, 1.54) is 18.9 Å². The number of nitrogens with one attached hydrogen (secondary N) is 3. The third-order valence-electron chi connectivity index (χ3n) is 13.3. The maximum Gasteiger partial charge on any atom is 0.433 e. The van der Waals surface area contributed by atoms with Crippen LogP contribution in [0.3, 0.4) is 0 Å². The largest absolute Gasteiger partial charge is 0.433 e. The van der Waals surface area contributed by atoms with E-state index in [9.17, 15) is 42.3 Å². The molecule has 5 aliphatic rings. The van der Waals surface area contributed by atoms with E-state index in [1.807, 2.05) is 0 Å². The first-order chi connectivity index (χ1) is 29.4. The number of likely N-dealkylation sites (tertiary alicyclic amines) is 1. The van der Waals surface area contributed by atoms with Crippen LogP contribution in [0.2, 0.25) is 0 Å². The molecule has 2 aliphatic carbocycles. The lowest BCUT2D eigenvalue weighted by atomic mass is 9.57. The van der Waals surface area contributed by atoms with Gasteiger partial charge in [0.2, 0.25) is 11.8 Å². The van der Waals surface area contributed by atoms with Crippen molar-refractivity contribution in [3.8, 4) is 0 Å². The molecule has 3 aliphatic heterocycles. The summed E-state index contributed by atoms with van der Waals surface area (Å²) in [6.45, 7) is 7.13. The highest BCUT2D eigenvalue weighted by Crippen LogP contribution is 2.53. The second-order valence-electron chi connectivity index (χ2n) is 18.4. The number of aliphatic hydroxyl groups is 1. The van der Waals surface area contributed by atoms with Crippen molar-refractivity contribution >= 4 is 62.5 Å². The first kappa shape index (κ1) is 42.1. The number of halogens is 3. The molecule has 4 fully saturated rings. The average molecular weight is 872 g/mol. The van der Waals surface area contributed by atoms with Gasteiger partial charge in [-0.1, -0.05) is 12.1 Å². The predicted octanol–water partition coefficient (Wildman–Crippen LogP) is 7.08. The van der Waals surface area contributed by atoms with Gasteiger partial charge in [-0.2, -0.15) is 13.2 Å². The van der Waals surface area contributed by atoms with E-state index < -0.39 is 53.0 Å². The average Bonchev–Trinajstić information content (AvgIpc) is 3.73. The molecule has 2 saturated heterocycles. The van der Waals surface area contributed by atoms with Crippen molar-refractivity contribution in [2.24, 2.45) is 17.3 Å². The Kier molecular flexibility index (Phi) is 10.7. The highest BCUT2D eigenvalue weighted by atomic mass is 32.1. The summed E-state index contributed by atoms with van der Waals surface area (Å²) in [5, 5.41) is 20.3. The number of carbonyl (C=O) groups is 5. The van der Waals surface area contributed by atoms with Crippen LogP contribution in [0, 0.1) is 17.3 Å². The third-order valence-corrected chi connectivity index (χ3v) is 14.5. The van der Waals surface area contributed by atoms with Gasteiger partial charge in [0, 0.05) is 55.5 Å². The van der Waals surface area contributed by atoms with Gasteiger partial charge in [0.05, 0.1) is 32.0 Å². The van der Waals surface area contributed by atoms with E-state index in [0.29, 0.717) is 52.2 Å². The van der Waals surface area contributed by atoms with Crippen LogP contribution in [0.4, 0.5) is 24.5 Å². The van der Waals surface area contributed by atoms with Crippen LogP contribution in [0.1, 0.15) is 125 Å². The van der Waals surface area contributed by atoms with Crippen LogP contribution in [0.15, 0.2) is 48.5 Å². The molecular weight excluding hydrogens is 824 g/mol. The smallest absolute Gasteiger partial charge is 0.386 e. The Morgan fingerprint density at radius 2 is 1.68 bits per heavy atom. The molecule has 1 atom stereocenters. The number of piperidine rings is 1. The Hall–Kier alpha value is -5.26. The topological polar surface area (TPSA) is 174 Å². The van der Waals surface area contributed by atoms with Gasteiger partial charge in [0.1, 0.15) is 17.4 Å². The van der Waals surface area contributed by atoms with Gasteiger partial charge in [0.15, 0.2) is 0 Å². The molecule has 2 saturated carbocycles. The van der Waals surface area contributed by atoms with Gasteiger partial charge in [-0.3, -0.25) is 34.2 Å². The molecule has 0 bridgehead atoms. The SMILES string of the molecule is CC(C)(O)c1cc2nc([C@H]3CC[C@H](CN4CC5(CC(CCNc6cccc7c6C(=O)N([C@@H]6CCC(=O)NC6=O)C7=O)C5)C4)CC3)sc2cc1NC(=O)c1cccc(C(F)(F)F)n1. The maximum atomic E-state index is 13.4. The molecular formula is C45H48F3N7O6S. The quantitative estimate of drug-likeness (QED) is 0.114. The number of rotatable bonds is 11. The van der Waals surface area contributed by atoms with Crippen molar-refractivity contribution in [2.45, 2.75) is 95.4 Å². The number of anilines is 2. The summed E-state index contributed by atoms with van der Waals surface area (Å²) in [7, 11) is 0. The fourth-order valence-corrected chi connectivity index (χ4v) is 11.5. The van der Waals surface area contributed by atoms with Crippen LogP contribution >= 0.6 is 11.3 Å². The number of alkyl halides is 3. The second-order valence-corrected chi connectivity index (χ2v) is 19.5. The van der Waals surface area contributed by atoms with Gasteiger partial charge in [-0.25, -0.2) is 9.97 Å². The molecule has 0 unspecified atom stereocenters. The summed E-state index contributed by atoms with van der Waals surface area (Å²) in [6.07, 6.45) is 3.03. The van der Waals surface area contributed by atoms with Crippen LogP contribution in [0.25, 0.3) is 10.2 Å². The van der Waals surface area contributed by atoms with Crippen molar-refractivity contribution in [1.29, 1.82) is 0 Å². The summed E-state index contributed by atoms with van der Waals surface area (Å²) in [5.41, 5.74) is 0.0191. The van der Waals surface area contributed by atoms with Gasteiger partial charge in [-0.05, 0) is 119 Å². The van der Waals surface area contributed by atoms with Crippen LogP contribution < -0.4 is 16.0 Å². The zero-order valence-corrected chi connectivity index (χ0v) is 35.3. The molecule has 62 heavy (non-hydrogen) atoms. The van der Waals surface area contributed by atoms with Gasteiger partial charge in [0.25, 0.3) is 17.7 Å². The number of aromatic nitrogens is 2. The lowest BCUT2D eigenvalue weighted by molar-refractivity contribution is -0.141. The van der Waals surface area contributed by atoms with Crippen LogP contribution in [-0.2, 0) is 21.4 Å². The second kappa shape index (κ2) is 15.8.